The molecule has 0 saturated heterocycles. The van der Waals surface area contributed by atoms with Crippen LogP contribution in [-0.4, -0.2) is 29.4 Å². The van der Waals surface area contributed by atoms with Gasteiger partial charge in [-0.25, -0.2) is 0 Å². The Balaban J connectivity index is 1.84. The van der Waals surface area contributed by atoms with E-state index >= 15 is 0 Å². The van der Waals surface area contributed by atoms with E-state index in [0.29, 0.717) is 18.4 Å². The second kappa shape index (κ2) is 6.55. The molecular weight excluding hydrogens is 224 g/mol. The number of rotatable bonds is 6. The summed E-state index contributed by atoms with van der Waals surface area (Å²) in [5, 5.41) is 0. The SMILES string of the molecule is CCC(N)CC(=O)N(CC1CCCCC1)C1CC1. The van der Waals surface area contributed by atoms with Gasteiger partial charge in [-0.2, -0.15) is 0 Å². The summed E-state index contributed by atoms with van der Waals surface area (Å²) in [6.07, 6.45) is 10.6. The van der Waals surface area contributed by atoms with E-state index in [1.54, 1.807) is 0 Å². The maximum Gasteiger partial charge on any atom is 0.224 e. The maximum atomic E-state index is 12.3. The monoisotopic (exact) mass is 252 g/mol. The first-order chi connectivity index (χ1) is 8.70. The van der Waals surface area contributed by atoms with Gasteiger partial charge in [-0.1, -0.05) is 26.2 Å². The summed E-state index contributed by atoms with van der Waals surface area (Å²) >= 11 is 0. The Morgan fingerprint density at radius 2 is 1.89 bits per heavy atom. The van der Waals surface area contributed by atoms with Gasteiger partial charge in [0.25, 0.3) is 0 Å². The van der Waals surface area contributed by atoms with Crippen LogP contribution >= 0.6 is 0 Å². The van der Waals surface area contributed by atoms with E-state index in [1.165, 1.54) is 44.9 Å². The smallest absolute Gasteiger partial charge is 0.224 e. The number of hydrogen-bond donors (Lipinski definition) is 1. The molecule has 2 fully saturated rings. The highest BCUT2D eigenvalue weighted by Gasteiger charge is 2.34. The second-order valence-corrected chi connectivity index (χ2v) is 6.15. The van der Waals surface area contributed by atoms with Crippen molar-refractivity contribution < 1.29 is 4.79 Å². The van der Waals surface area contributed by atoms with Gasteiger partial charge in [0, 0.05) is 25.0 Å². The van der Waals surface area contributed by atoms with Crippen molar-refractivity contribution in [3.8, 4) is 0 Å². The first kappa shape index (κ1) is 13.9. The van der Waals surface area contributed by atoms with Crippen LogP contribution in [0.25, 0.3) is 0 Å². The van der Waals surface area contributed by atoms with Gasteiger partial charge in [-0.3, -0.25) is 4.79 Å². The molecule has 0 aromatic carbocycles. The molecule has 18 heavy (non-hydrogen) atoms. The molecule has 0 heterocycles. The summed E-state index contributed by atoms with van der Waals surface area (Å²) in [5.74, 6) is 1.05. The fraction of sp³-hybridized carbons (Fsp3) is 0.933. The lowest BCUT2D eigenvalue weighted by Gasteiger charge is -2.30. The van der Waals surface area contributed by atoms with Crippen molar-refractivity contribution in [2.45, 2.75) is 76.8 Å². The summed E-state index contributed by atoms with van der Waals surface area (Å²) in [4.78, 5) is 14.5. The average molecular weight is 252 g/mol. The molecule has 104 valence electrons. The van der Waals surface area contributed by atoms with E-state index in [2.05, 4.69) is 11.8 Å². The summed E-state index contributed by atoms with van der Waals surface area (Å²) in [7, 11) is 0. The first-order valence-corrected chi connectivity index (χ1v) is 7.75. The minimum absolute atomic E-state index is 0.0464. The summed E-state index contributed by atoms with van der Waals surface area (Å²) in [5.41, 5.74) is 5.92. The zero-order chi connectivity index (χ0) is 13.0. The fourth-order valence-corrected chi connectivity index (χ4v) is 2.97. The predicted octanol–water partition coefficient (Wildman–Crippen LogP) is 2.69. The second-order valence-electron chi connectivity index (χ2n) is 6.15. The maximum absolute atomic E-state index is 12.3. The highest BCUT2D eigenvalue weighted by Crippen LogP contribution is 2.31. The minimum Gasteiger partial charge on any atom is -0.339 e. The molecule has 1 unspecified atom stereocenters. The lowest BCUT2D eigenvalue weighted by molar-refractivity contribution is -0.133. The molecule has 2 N–H and O–H groups in total. The number of carbonyl (C=O) groups excluding carboxylic acids is 1. The zero-order valence-corrected chi connectivity index (χ0v) is 11.7. The Labute approximate surface area is 111 Å². The number of hydrogen-bond acceptors (Lipinski definition) is 2. The van der Waals surface area contributed by atoms with E-state index < -0.39 is 0 Å². The molecule has 2 aliphatic rings. The van der Waals surface area contributed by atoms with E-state index in [1.807, 2.05) is 0 Å². The van der Waals surface area contributed by atoms with E-state index in [4.69, 9.17) is 5.73 Å². The molecule has 3 heteroatoms. The largest absolute Gasteiger partial charge is 0.339 e. The molecular formula is C15H28N2O. The van der Waals surface area contributed by atoms with Crippen molar-refractivity contribution in [3.63, 3.8) is 0 Å². The standard InChI is InChI=1S/C15H28N2O/c1-2-13(16)10-15(18)17(14-8-9-14)11-12-6-4-3-5-7-12/h12-14H,2-11,16H2,1H3. The molecule has 1 amide bonds. The number of amides is 1. The quantitative estimate of drug-likeness (QED) is 0.790. The van der Waals surface area contributed by atoms with Gasteiger partial charge in [-0.15, -0.1) is 0 Å². The van der Waals surface area contributed by atoms with Crippen molar-refractivity contribution in [2.24, 2.45) is 11.7 Å². The van der Waals surface area contributed by atoms with Crippen LogP contribution in [0.4, 0.5) is 0 Å². The fourth-order valence-electron chi connectivity index (χ4n) is 2.97. The van der Waals surface area contributed by atoms with Gasteiger partial charge in [0.15, 0.2) is 0 Å². The molecule has 1 atom stereocenters. The van der Waals surface area contributed by atoms with Crippen molar-refractivity contribution in [1.29, 1.82) is 0 Å². The third-order valence-electron chi connectivity index (χ3n) is 4.45. The lowest BCUT2D eigenvalue weighted by Crippen LogP contribution is -2.40. The van der Waals surface area contributed by atoms with Crippen LogP contribution in [0.5, 0.6) is 0 Å². The van der Waals surface area contributed by atoms with Gasteiger partial charge in [0.2, 0.25) is 5.91 Å². The Bertz CT molecular complexity index is 270. The van der Waals surface area contributed by atoms with Crippen LogP contribution in [0.1, 0.15) is 64.7 Å². The van der Waals surface area contributed by atoms with Gasteiger partial charge >= 0.3 is 0 Å². The molecule has 0 radical (unpaired) electrons. The predicted molar refractivity (Wildman–Crippen MR) is 74.2 cm³/mol. The van der Waals surface area contributed by atoms with Crippen molar-refractivity contribution in [3.05, 3.63) is 0 Å². The minimum atomic E-state index is 0.0464. The van der Waals surface area contributed by atoms with Crippen LogP contribution in [0.15, 0.2) is 0 Å². The first-order valence-electron chi connectivity index (χ1n) is 7.75. The number of carbonyl (C=O) groups is 1. The Hall–Kier alpha value is -0.570. The van der Waals surface area contributed by atoms with Crippen LogP contribution in [0, 0.1) is 5.92 Å². The van der Waals surface area contributed by atoms with Crippen molar-refractivity contribution in [1.82, 2.24) is 4.90 Å². The molecule has 0 spiro atoms. The molecule has 0 aromatic heterocycles. The van der Waals surface area contributed by atoms with Gasteiger partial charge < -0.3 is 10.6 Å². The Morgan fingerprint density at radius 1 is 1.22 bits per heavy atom. The molecule has 2 rings (SSSR count). The third-order valence-corrected chi connectivity index (χ3v) is 4.45. The number of nitrogens with zero attached hydrogens (tertiary/aromatic N) is 1. The lowest BCUT2D eigenvalue weighted by atomic mass is 9.89. The summed E-state index contributed by atoms with van der Waals surface area (Å²) in [6.45, 7) is 3.06. The zero-order valence-electron chi connectivity index (χ0n) is 11.7. The molecule has 0 aliphatic heterocycles. The molecule has 2 aliphatic carbocycles. The topological polar surface area (TPSA) is 46.3 Å². The van der Waals surface area contributed by atoms with Crippen LogP contribution in [0.3, 0.4) is 0 Å². The van der Waals surface area contributed by atoms with Gasteiger partial charge in [0.05, 0.1) is 0 Å². The molecule has 0 aromatic rings. The normalized spacial score (nSPS) is 22.8. The Kier molecular flexibility index (Phi) is 5.04. The number of nitrogens with two attached hydrogens (primary N) is 1. The highest BCUT2D eigenvalue weighted by atomic mass is 16.2. The highest BCUT2D eigenvalue weighted by molar-refractivity contribution is 5.77. The Morgan fingerprint density at radius 3 is 2.44 bits per heavy atom. The third kappa shape index (κ3) is 3.98. The van der Waals surface area contributed by atoms with E-state index in [-0.39, 0.29) is 6.04 Å². The molecule has 0 bridgehead atoms. The van der Waals surface area contributed by atoms with E-state index in [0.717, 1.165) is 18.9 Å². The molecule has 3 nitrogen and oxygen atoms in total. The summed E-state index contributed by atoms with van der Waals surface area (Å²) in [6, 6.07) is 0.591. The van der Waals surface area contributed by atoms with Gasteiger partial charge in [0.1, 0.15) is 0 Å². The average Bonchev–Trinajstić information content (AvgIpc) is 3.21. The summed E-state index contributed by atoms with van der Waals surface area (Å²) < 4.78 is 0. The molecule has 2 saturated carbocycles. The van der Waals surface area contributed by atoms with Crippen LogP contribution in [-0.2, 0) is 4.79 Å². The van der Waals surface area contributed by atoms with Crippen molar-refractivity contribution >= 4 is 5.91 Å². The van der Waals surface area contributed by atoms with Gasteiger partial charge in [-0.05, 0) is 38.0 Å². The van der Waals surface area contributed by atoms with Crippen LogP contribution in [0.2, 0.25) is 0 Å². The van der Waals surface area contributed by atoms with Crippen molar-refractivity contribution in [2.75, 3.05) is 6.54 Å². The van der Waals surface area contributed by atoms with Crippen LogP contribution < -0.4 is 5.73 Å². The van der Waals surface area contributed by atoms with E-state index in [9.17, 15) is 4.79 Å².